The maximum atomic E-state index is 9.63. The zero-order valence-corrected chi connectivity index (χ0v) is 18.6. The van der Waals surface area contributed by atoms with Crippen molar-refractivity contribution < 1.29 is 27.6 Å². The summed E-state index contributed by atoms with van der Waals surface area (Å²) in [7, 11) is 0. The van der Waals surface area contributed by atoms with E-state index in [-0.39, 0.29) is 12.4 Å². The normalized spacial score (nSPS) is 11.5. The smallest absolute Gasteiger partial charge is 0.142 e. The van der Waals surface area contributed by atoms with Crippen LogP contribution in [0.2, 0.25) is 0 Å². The topological polar surface area (TPSA) is 40.5 Å². The minimum Gasteiger partial charge on any atom is -1.00 e. The first-order chi connectivity index (χ1) is 12.1. The molecule has 0 aromatic carbocycles. The van der Waals surface area contributed by atoms with Crippen molar-refractivity contribution in [2.75, 3.05) is 13.1 Å². The predicted molar refractivity (Wildman–Crippen MR) is 108 cm³/mol. The molecule has 0 atom stereocenters. The number of nitrogens with zero attached hydrogens (tertiary/aromatic N) is 1. The van der Waals surface area contributed by atoms with Crippen LogP contribution in [0, 0.1) is 0 Å². The first kappa shape index (κ1) is 28.4. The highest BCUT2D eigenvalue weighted by atomic mass is 35.5. The molecule has 0 spiro atoms. The summed E-state index contributed by atoms with van der Waals surface area (Å²) in [6, 6.07) is 0. The van der Waals surface area contributed by atoms with E-state index in [4.69, 9.17) is 0 Å². The molecule has 0 fully saturated rings. The lowest BCUT2D eigenvalue weighted by Gasteiger charge is -2.20. The summed E-state index contributed by atoms with van der Waals surface area (Å²) in [5, 5.41) is 19.3. The first-order valence-corrected chi connectivity index (χ1v) is 11.4. The number of halogens is 1. The third kappa shape index (κ3) is 22.2. The lowest BCUT2D eigenvalue weighted by atomic mass is 10.0. The summed E-state index contributed by atoms with van der Waals surface area (Å²) < 4.78 is 0. The van der Waals surface area contributed by atoms with Crippen LogP contribution in [0.4, 0.5) is 0 Å². The van der Waals surface area contributed by atoms with Crippen molar-refractivity contribution in [3.05, 3.63) is 0 Å². The zero-order valence-electron chi connectivity index (χ0n) is 17.9. The third-order valence-electron chi connectivity index (χ3n) is 5.20. The summed E-state index contributed by atoms with van der Waals surface area (Å²) in [6.07, 6.45) is 23.8. The molecule has 0 amide bonds. The minimum absolute atomic E-state index is 0. The molecule has 0 rings (SSSR count). The van der Waals surface area contributed by atoms with Crippen LogP contribution in [0.3, 0.4) is 0 Å². The van der Waals surface area contributed by atoms with Crippen molar-refractivity contribution in [1.82, 2.24) is 0 Å². The van der Waals surface area contributed by atoms with Crippen molar-refractivity contribution in [3.8, 4) is 0 Å². The van der Waals surface area contributed by atoms with Crippen LogP contribution in [0.1, 0.15) is 129 Å². The Hall–Kier alpha value is 0.170. The van der Waals surface area contributed by atoms with Crippen molar-refractivity contribution in [1.29, 1.82) is 0 Å². The maximum absolute atomic E-state index is 9.63. The molecular weight excluding hydrogens is 346 g/mol. The molecule has 26 heavy (non-hydrogen) atoms. The van der Waals surface area contributed by atoms with Gasteiger partial charge in [-0.05, 0) is 17.7 Å². The Labute approximate surface area is 170 Å². The second-order valence-corrected chi connectivity index (χ2v) is 7.98. The summed E-state index contributed by atoms with van der Waals surface area (Å²) in [4.78, 5) is -0.782. The maximum Gasteiger partial charge on any atom is 0.142 e. The number of rotatable bonds is 20. The van der Waals surface area contributed by atoms with Gasteiger partial charge in [0.05, 0.1) is 0 Å². The number of unbranched alkanes of at least 4 members (excludes halogenated alkanes) is 16. The van der Waals surface area contributed by atoms with Crippen LogP contribution in [0.25, 0.3) is 0 Å². The van der Waals surface area contributed by atoms with E-state index in [1.807, 2.05) is 6.92 Å². The minimum atomic E-state index is -0.782. The van der Waals surface area contributed by atoms with E-state index in [9.17, 15) is 10.4 Å². The van der Waals surface area contributed by atoms with E-state index in [2.05, 4.69) is 6.92 Å². The molecule has 0 aromatic heterocycles. The molecule has 4 heteroatoms. The molecule has 0 aliphatic carbocycles. The van der Waals surface area contributed by atoms with Crippen LogP contribution < -0.4 is 12.4 Å². The van der Waals surface area contributed by atoms with Crippen molar-refractivity contribution in [3.63, 3.8) is 0 Å². The largest absolute Gasteiger partial charge is 1.00 e. The van der Waals surface area contributed by atoms with Crippen LogP contribution in [-0.2, 0) is 0 Å². The quantitative estimate of drug-likeness (QED) is 0.179. The monoisotopic (exact) mass is 393 g/mol. The highest BCUT2D eigenvalue weighted by Gasteiger charge is 2.19. The van der Waals surface area contributed by atoms with Gasteiger partial charge in [-0.15, -0.1) is 0 Å². The molecule has 3 nitrogen and oxygen atoms in total. The fourth-order valence-corrected chi connectivity index (χ4v) is 3.56. The van der Waals surface area contributed by atoms with Crippen molar-refractivity contribution >= 4 is 0 Å². The van der Waals surface area contributed by atoms with Gasteiger partial charge >= 0.3 is 0 Å². The van der Waals surface area contributed by atoms with Gasteiger partial charge in [0.25, 0.3) is 0 Å². The summed E-state index contributed by atoms with van der Waals surface area (Å²) in [6.45, 7) is 5.18. The van der Waals surface area contributed by atoms with Crippen molar-refractivity contribution in [2.24, 2.45) is 0 Å². The standard InChI is InChI=1S/C22H48NO2.ClH/c1-3-5-6-7-8-9-10-11-12-13-14-15-16-17-18-19-20-22-23(24,25)21-4-2;/h24-25H,3-22H2,1-2H3;1H/q+1;/p-1. The van der Waals surface area contributed by atoms with Crippen LogP contribution in [0.5, 0.6) is 0 Å². The Morgan fingerprint density at radius 1 is 0.423 bits per heavy atom. The predicted octanol–water partition coefficient (Wildman–Crippen LogP) is 4.65. The van der Waals surface area contributed by atoms with E-state index >= 15 is 0 Å². The van der Waals surface area contributed by atoms with Gasteiger partial charge in [0, 0.05) is 6.42 Å². The second-order valence-electron chi connectivity index (χ2n) is 7.98. The molecule has 0 unspecified atom stereocenters. The Bertz CT molecular complexity index is 263. The highest BCUT2D eigenvalue weighted by molar-refractivity contribution is 4.50. The molecule has 160 valence electrons. The Kier molecular flexibility index (Phi) is 23.4. The van der Waals surface area contributed by atoms with E-state index in [1.165, 1.54) is 96.3 Å². The Morgan fingerprint density at radius 3 is 1.04 bits per heavy atom. The molecule has 0 aromatic rings. The van der Waals surface area contributed by atoms with Gasteiger partial charge in [-0.25, -0.2) is 0 Å². The molecule has 0 radical (unpaired) electrons. The van der Waals surface area contributed by atoms with Gasteiger partial charge in [0.2, 0.25) is 0 Å². The second kappa shape index (κ2) is 21.5. The van der Waals surface area contributed by atoms with Gasteiger partial charge in [-0.1, -0.05) is 110 Å². The van der Waals surface area contributed by atoms with Crippen LogP contribution in [0.15, 0.2) is 0 Å². The van der Waals surface area contributed by atoms with Crippen LogP contribution in [-0.4, -0.2) is 28.3 Å². The average Bonchev–Trinajstić information content (AvgIpc) is 2.57. The molecule has 0 saturated carbocycles. The lowest BCUT2D eigenvalue weighted by Crippen LogP contribution is -3.00. The number of quaternary nitrogens is 1. The number of hydrogen-bond donors (Lipinski definition) is 2. The molecule has 0 heterocycles. The number of hydrogen-bond acceptors (Lipinski definition) is 2. The average molecular weight is 394 g/mol. The fraction of sp³-hybridized carbons (Fsp3) is 1.00. The van der Waals surface area contributed by atoms with Gasteiger partial charge in [-0.2, -0.15) is 10.4 Å². The van der Waals surface area contributed by atoms with E-state index in [0.29, 0.717) is 13.1 Å². The SMILES string of the molecule is CCCCCCCCCCCCCCCCCCC[N+](O)(O)CCC.[Cl-]. The fourth-order valence-electron chi connectivity index (χ4n) is 3.56. The first-order valence-electron chi connectivity index (χ1n) is 11.4. The zero-order chi connectivity index (χ0) is 18.6. The molecular formula is C22H48ClNO2. The lowest BCUT2D eigenvalue weighted by molar-refractivity contribution is -1.24. The molecule has 0 saturated heterocycles. The number of hydroxylamine groups is 4. The van der Waals surface area contributed by atoms with E-state index in [1.54, 1.807) is 0 Å². The van der Waals surface area contributed by atoms with E-state index in [0.717, 1.165) is 19.3 Å². The summed E-state index contributed by atoms with van der Waals surface area (Å²) >= 11 is 0. The Morgan fingerprint density at radius 2 is 0.731 bits per heavy atom. The molecule has 0 aliphatic rings. The van der Waals surface area contributed by atoms with Crippen molar-refractivity contribution in [2.45, 2.75) is 129 Å². The summed E-state index contributed by atoms with van der Waals surface area (Å²) in [5.41, 5.74) is 0. The van der Waals surface area contributed by atoms with Gasteiger partial charge in [0.15, 0.2) is 0 Å². The third-order valence-corrected chi connectivity index (χ3v) is 5.20. The van der Waals surface area contributed by atoms with Gasteiger partial charge in [-0.3, -0.25) is 0 Å². The van der Waals surface area contributed by atoms with Gasteiger partial charge < -0.3 is 12.4 Å². The molecule has 0 aliphatic heterocycles. The van der Waals surface area contributed by atoms with E-state index < -0.39 is 4.81 Å². The Balaban J connectivity index is 0. The summed E-state index contributed by atoms with van der Waals surface area (Å²) in [5.74, 6) is 0. The van der Waals surface area contributed by atoms with Crippen LogP contribution >= 0.6 is 0 Å². The molecule has 2 N–H and O–H groups in total. The van der Waals surface area contributed by atoms with Gasteiger partial charge in [0.1, 0.15) is 13.1 Å². The molecule has 0 bridgehead atoms. The highest BCUT2D eigenvalue weighted by Crippen LogP contribution is 2.14.